The van der Waals surface area contributed by atoms with Crippen LogP contribution in [0.5, 0.6) is 0 Å². The number of amides is 4. The van der Waals surface area contributed by atoms with Gasteiger partial charge < -0.3 is 15.2 Å². The third kappa shape index (κ3) is 3.16. The molecule has 158 valence electrons. The number of fused-ring (bicyclic) bond motifs is 1. The van der Waals surface area contributed by atoms with E-state index >= 15 is 0 Å². The number of aromatic amines is 1. The number of aromatic nitrogens is 1. The fourth-order valence-electron chi connectivity index (χ4n) is 5.43. The number of rotatable bonds is 4. The topological polar surface area (TPSA) is 85.5 Å². The molecule has 2 N–H and O–H groups in total. The predicted molar refractivity (Wildman–Crippen MR) is 113 cm³/mol. The van der Waals surface area contributed by atoms with E-state index in [9.17, 15) is 14.4 Å². The van der Waals surface area contributed by atoms with Gasteiger partial charge in [0.25, 0.3) is 5.91 Å². The molecular formula is C23H28N4O3. The molecule has 1 spiro atoms. The van der Waals surface area contributed by atoms with E-state index in [4.69, 9.17) is 0 Å². The maximum atomic E-state index is 12.7. The van der Waals surface area contributed by atoms with Crippen molar-refractivity contribution in [2.24, 2.45) is 0 Å². The van der Waals surface area contributed by atoms with E-state index in [0.29, 0.717) is 31.8 Å². The predicted octanol–water partition coefficient (Wildman–Crippen LogP) is 3.13. The number of hydrogen-bond acceptors (Lipinski definition) is 3. The lowest BCUT2D eigenvalue weighted by molar-refractivity contribution is -0.134. The fourth-order valence-corrected chi connectivity index (χ4v) is 5.43. The molecule has 5 rings (SSSR count). The number of imide groups is 1. The Morgan fingerprint density at radius 2 is 1.83 bits per heavy atom. The number of likely N-dealkylation sites (tertiary alicyclic amines) is 1. The van der Waals surface area contributed by atoms with E-state index in [1.165, 1.54) is 15.8 Å². The Bertz CT molecular complexity index is 983. The van der Waals surface area contributed by atoms with Gasteiger partial charge in [0.2, 0.25) is 5.91 Å². The first-order valence-electron chi connectivity index (χ1n) is 11.1. The first-order valence-corrected chi connectivity index (χ1v) is 11.1. The van der Waals surface area contributed by atoms with Gasteiger partial charge >= 0.3 is 6.03 Å². The number of nitrogens with zero attached hydrogens (tertiary/aromatic N) is 2. The zero-order valence-corrected chi connectivity index (χ0v) is 17.2. The number of para-hydroxylation sites is 1. The number of hydrogen-bond donors (Lipinski definition) is 2. The van der Waals surface area contributed by atoms with Gasteiger partial charge in [0.15, 0.2) is 0 Å². The quantitative estimate of drug-likeness (QED) is 0.762. The van der Waals surface area contributed by atoms with Gasteiger partial charge in [-0.05, 0) is 43.2 Å². The Morgan fingerprint density at radius 1 is 1.10 bits per heavy atom. The molecule has 3 heterocycles. The van der Waals surface area contributed by atoms with Crippen LogP contribution >= 0.6 is 0 Å². The molecule has 2 aliphatic heterocycles. The Hall–Kier alpha value is -2.83. The molecule has 3 aliphatic rings. The van der Waals surface area contributed by atoms with Crippen LogP contribution in [0.4, 0.5) is 4.79 Å². The summed E-state index contributed by atoms with van der Waals surface area (Å²) in [5, 5.41) is 4.14. The maximum Gasteiger partial charge on any atom is 0.325 e. The van der Waals surface area contributed by atoms with Gasteiger partial charge in [-0.2, -0.15) is 0 Å². The summed E-state index contributed by atoms with van der Waals surface area (Å²) in [6.07, 6.45) is 7.51. The molecule has 0 bridgehead atoms. The summed E-state index contributed by atoms with van der Waals surface area (Å²) in [6.45, 7) is 1.60. The molecule has 0 radical (unpaired) electrons. The average molecular weight is 409 g/mol. The van der Waals surface area contributed by atoms with Gasteiger partial charge in [0, 0.05) is 43.2 Å². The lowest BCUT2D eigenvalue weighted by Gasteiger charge is -2.32. The van der Waals surface area contributed by atoms with Crippen LogP contribution in [-0.4, -0.2) is 57.8 Å². The molecule has 7 nitrogen and oxygen atoms in total. The van der Waals surface area contributed by atoms with E-state index in [0.717, 1.165) is 31.2 Å². The average Bonchev–Trinajstić information content (AvgIpc) is 3.46. The number of carbonyl (C=O) groups is 3. The second-order valence-electron chi connectivity index (χ2n) is 8.87. The SMILES string of the molecule is O=C(CCN1C(=O)NC2(CCCC2)C1=O)N1CCC(c2c[nH]c3ccccc23)CC1. The fraction of sp³-hybridized carbons (Fsp3) is 0.522. The van der Waals surface area contributed by atoms with Crippen molar-refractivity contribution in [3.8, 4) is 0 Å². The Balaban J connectivity index is 1.16. The molecule has 0 unspecified atom stereocenters. The number of benzene rings is 1. The van der Waals surface area contributed by atoms with Gasteiger partial charge in [-0.15, -0.1) is 0 Å². The summed E-state index contributed by atoms with van der Waals surface area (Å²) in [5.74, 6) is 0.328. The zero-order chi connectivity index (χ0) is 20.7. The highest BCUT2D eigenvalue weighted by molar-refractivity contribution is 6.07. The molecule has 2 saturated heterocycles. The van der Waals surface area contributed by atoms with Crippen LogP contribution in [0.15, 0.2) is 30.5 Å². The van der Waals surface area contributed by atoms with E-state index in [2.05, 4.69) is 34.7 Å². The van der Waals surface area contributed by atoms with Crippen LogP contribution in [0.1, 0.15) is 56.4 Å². The van der Waals surface area contributed by atoms with Crippen molar-refractivity contribution in [1.29, 1.82) is 0 Å². The normalized spacial score (nSPS) is 21.7. The smallest absolute Gasteiger partial charge is 0.325 e. The standard InChI is InChI=1S/C23H28N4O3/c28-20(9-14-27-21(29)23(25-22(27)30)10-3-4-11-23)26-12-7-16(8-13-26)18-15-24-19-6-2-1-5-17(18)19/h1-2,5-6,15-16,24H,3-4,7-14H2,(H,25,30). The molecular weight excluding hydrogens is 380 g/mol. The van der Waals surface area contributed by atoms with E-state index in [-0.39, 0.29) is 30.8 Å². The Morgan fingerprint density at radius 3 is 2.60 bits per heavy atom. The maximum absolute atomic E-state index is 12.7. The molecule has 0 atom stereocenters. The molecule has 1 aromatic heterocycles. The number of H-pyrrole nitrogens is 1. The van der Waals surface area contributed by atoms with Crippen LogP contribution in [0.25, 0.3) is 10.9 Å². The Kier molecular flexibility index (Phi) is 4.76. The highest BCUT2D eigenvalue weighted by atomic mass is 16.2. The van der Waals surface area contributed by atoms with E-state index < -0.39 is 5.54 Å². The highest BCUT2D eigenvalue weighted by Gasteiger charge is 2.52. The zero-order valence-electron chi connectivity index (χ0n) is 17.2. The monoisotopic (exact) mass is 408 g/mol. The second kappa shape index (κ2) is 7.45. The largest absolute Gasteiger partial charge is 0.361 e. The molecule has 1 aromatic carbocycles. The summed E-state index contributed by atoms with van der Waals surface area (Å²) >= 11 is 0. The molecule has 3 fully saturated rings. The minimum atomic E-state index is -0.697. The number of urea groups is 1. The minimum Gasteiger partial charge on any atom is -0.361 e. The van der Waals surface area contributed by atoms with Crippen molar-refractivity contribution in [2.45, 2.75) is 56.4 Å². The first kappa shape index (κ1) is 19.2. The number of nitrogens with one attached hydrogen (secondary N) is 2. The third-order valence-electron chi connectivity index (χ3n) is 7.16. The molecule has 1 saturated carbocycles. The van der Waals surface area contributed by atoms with Crippen molar-refractivity contribution < 1.29 is 14.4 Å². The van der Waals surface area contributed by atoms with Crippen LogP contribution < -0.4 is 5.32 Å². The third-order valence-corrected chi connectivity index (χ3v) is 7.16. The minimum absolute atomic E-state index is 0.0281. The van der Waals surface area contributed by atoms with Crippen molar-refractivity contribution in [3.63, 3.8) is 0 Å². The van der Waals surface area contributed by atoms with Crippen molar-refractivity contribution in [3.05, 3.63) is 36.0 Å². The summed E-state index contributed by atoms with van der Waals surface area (Å²) in [4.78, 5) is 44.2. The first-order chi connectivity index (χ1) is 14.6. The molecule has 30 heavy (non-hydrogen) atoms. The van der Waals surface area contributed by atoms with E-state index in [1.807, 2.05) is 11.0 Å². The second-order valence-corrected chi connectivity index (χ2v) is 8.87. The number of carbonyl (C=O) groups excluding carboxylic acids is 3. The molecule has 4 amide bonds. The van der Waals surface area contributed by atoms with Crippen molar-refractivity contribution in [2.75, 3.05) is 19.6 Å². The van der Waals surface area contributed by atoms with Crippen LogP contribution in [0.3, 0.4) is 0 Å². The van der Waals surface area contributed by atoms with Gasteiger partial charge in [-0.3, -0.25) is 14.5 Å². The lowest BCUT2D eigenvalue weighted by atomic mass is 9.89. The van der Waals surface area contributed by atoms with E-state index in [1.54, 1.807) is 0 Å². The summed E-state index contributed by atoms with van der Waals surface area (Å²) in [5.41, 5.74) is 1.79. The summed E-state index contributed by atoms with van der Waals surface area (Å²) < 4.78 is 0. The lowest BCUT2D eigenvalue weighted by Crippen LogP contribution is -2.44. The Labute approximate surface area is 175 Å². The van der Waals surface area contributed by atoms with Crippen LogP contribution in [-0.2, 0) is 9.59 Å². The summed E-state index contributed by atoms with van der Waals surface area (Å²) in [7, 11) is 0. The van der Waals surface area contributed by atoms with Gasteiger partial charge in [-0.1, -0.05) is 31.0 Å². The van der Waals surface area contributed by atoms with Gasteiger partial charge in [-0.25, -0.2) is 4.79 Å². The summed E-state index contributed by atoms with van der Waals surface area (Å²) in [6, 6.07) is 7.98. The molecule has 1 aliphatic carbocycles. The highest BCUT2D eigenvalue weighted by Crippen LogP contribution is 2.35. The van der Waals surface area contributed by atoms with Gasteiger partial charge in [0.05, 0.1) is 0 Å². The number of piperidine rings is 1. The van der Waals surface area contributed by atoms with Crippen molar-refractivity contribution in [1.82, 2.24) is 20.1 Å². The van der Waals surface area contributed by atoms with Crippen LogP contribution in [0.2, 0.25) is 0 Å². The molecule has 7 heteroatoms. The van der Waals surface area contributed by atoms with Gasteiger partial charge in [0.1, 0.15) is 5.54 Å². The van der Waals surface area contributed by atoms with Crippen molar-refractivity contribution >= 4 is 28.7 Å². The van der Waals surface area contributed by atoms with Crippen LogP contribution in [0, 0.1) is 0 Å². The molecule has 2 aromatic rings.